The van der Waals surface area contributed by atoms with Crippen LogP contribution in [0.25, 0.3) is 0 Å². The highest BCUT2D eigenvalue weighted by Crippen LogP contribution is 2.27. The van der Waals surface area contributed by atoms with E-state index in [-0.39, 0.29) is 11.9 Å². The number of hydrogen-bond acceptors (Lipinski definition) is 4. The topological polar surface area (TPSA) is 102 Å². The number of carbonyl (C=O) groups excluding carboxylic acids is 1. The van der Waals surface area contributed by atoms with E-state index in [2.05, 4.69) is 5.32 Å². The second-order valence-electron chi connectivity index (χ2n) is 4.91. The van der Waals surface area contributed by atoms with E-state index in [1.54, 1.807) is 18.2 Å². The third-order valence-electron chi connectivity index (χ3n) is 3.65. The van der Waals surface area contributed by atoms with Crippen LogP contribution in [0.5, 0.6) is 5.75 Å². The minimum absolute atomic E-state index is 0.306. The summed E-state index contributed by atoms with van der Waals surface area (Å²) >= 11 is 0. The maximum atomic E-state index is 12.2. The first-order valence-corrected chi connectivity index (χ1v) is 6.50. The molecule has 1 fully saturated rings. The minimum atomic E-state index is -0.869. The molecule has 2 atom stereocenters. The van der Waals surface area contributed by atoms with Crippen molar-refractivity contribution in [3.63, 3.8) is 0 Å². The van der Waals surface area contributed by atoms with Crippen LogP contribution in [0.4, 0.5) is 5.69 Å². The number of anilines is 1. The molecule has 6 nitrogen and oxygen atoms in total. The predicted octanol–water partition coefficient (Wildman–Crippen LogP) is 1.26. The molecule has 1 aromatic rings. The lowest BCUT2D eigenvalue weighted by molar-refractivity contribution is -0.142. The molecule has 108 valence electrons. The van der Waals surface area contributed by atoms with Crippen molar-refractivity contribution in [1.82, 2.24) is 5.32 Å². The van der Waals surface area contributed by atoms with Crippen molar-refractivity contribution >= 4 is 17.6 Å². The summed E-state index contributed by atoms with van der Waals surface area (Å²) in [6.45, 7) is 0. The van der Waals surface area contributed by atoms with Crippen molar-refractivity contribution in [2.75, 3.05) is 12.8 Å². The van der Waals surface area contributed by atoms with E-state index >= 15 is 0 Å². The van der Waals surface area contributed by atoms with Crippen LogP contribution >= 0.6 is 0 Å². The fraction of sp³-hybridized carbons (Fsp3) is 0.429. The van der Waals surface area contributed by atoms with Gasteiger partial charge in [-0.25, -0.2) is 0 Å². The fourth-order valence-electron chi connectivity index (χ4n) is 2.53. The van der Waals surface area contributed by atoms with Gasteiger partial charge in [0.25, 0.3) is 5.91 Å². The highest BCUT2D eigenvalue weighted by molar-refractivity contribution is 6.00. The van der Waals surface area contributed by atoms with Gasteiger partial charge >= 0.3 is 5.97 Å². The number of nitrogens with two attached hydrogens (primary N) is 1. The highest BCUT2D eigenvalue weighted by atomic mass is 16.5. The van der Waals surface area contributed by atoms with E-state index in [4.69, 9.17) is 15.6 Å². The Morgan fingerprint density at radius 1 is 1.40 bits per heavy atom. The van der Waals surface area contributed by atoms with Gasteiger partial charge in [0, 0.05) is 11.7 Å². The SMILES string of the molecule is COc1ccc(N)c(C(=O)NC2CCCC2C(=O)O)c1. The third-order valence-corrected chi connectivity index (χ3v) is 3.65. The van der Waals surface area contributed by atoms with Crippen LogP contribution < -0.4 is 15.8 Å². The number of carboxylic acids is 1. The van der Waals surface area contributed by atoms with Gasteiger partial charge in [0.2, 0.25) is 0 Å². The first-order valence-electron chi connectivity index (χ1n) is 6.50. The molecule has 1 amide bonds. The number of methoxy groups -OCH3 is 1. The summed E-state index contributed by atoms with van der Waals surface area (Å²) in [6.07, 6.45) is 2.07. The quantitative estimate of drug-likeness (QED) is 0.720. The van der Waals surface area contributed by atoms with Crippen molar-refractivity contribution in [2.24, 2.45) is 5.92 Å². The molecule has 0 aliphatic heterocycles. The summed E-state index contributed by atoms with van der Waals surface area (Å²) < 4.78 is 5.06. The van der Waals surface area contributed by atoms with Crippen molar-refractivity contribution in [3.8, 4) is 5.75 Å². The average molecular weight is 278 g/mol. The number of benzene rings is 1. The molecule has 1 aromatic carbocycles. The molecule has 0 spiro atoms. The summed E-state index contributed by atoms with van der Waals surface area (Å²) in [7, 11) is 1.50. The zero-order valence-electron chi connectivity index (χ0n) is 11.3. The van der Waals surface area contributed by atoms with Gasteiger partial charge < -0.3 is 20.9 Å². The van der Waals surface area contributed by atoms with Crippen molar-refractivity contribution < 1.29 is 19.4 Å². The summed E-state index contributed by atoms with van der Waals surface area (Å²) in [5.74, 6) is -1.22. The van der Waals surface area contributed by atoms with Crippen LogP contribution in [-0.2, 0) is 4.79 Å². The average Bonchev–Trinajstić information content (AvgIpc) is 2.87. The second kappa shape index (κ2) is 5.81. The standard InChI is InChI=1S/C14H18N2O4/c1-20-8-5-6-11(15)10(7-8)13(17)16-12-4-2-3-9(12)14(18)19/h5-7,9,12H,2-4,15H2,1H3,(H,16,17)(H,18,19). The summed E-state index contributed by atoms with van der Waals surface area (Å²) in [5.41, 5.74) is 6.43. The Morgan fingerprint density at radius 2 is 2.15 bits per heavy atom. The Bertz CT molecular complexity index is 530. The Labute approximate surface area is 116 Å². The van der Waals surface area contributed by atoms with E-state index in [0.717, 1.165) is 6.42 Å². The number of carboxylic acid groups (broad SMARTS) is 1. The summed E-state index contributed by atoms with van der Waals surface area (Å²) in [4.78, 5) is 23.3. The maximum absolute atomic E-state index is 12.2. The molecule has 1 aliphatic carbocycles. The first-order chi connectivity index (χ1) is 9.52. The molecule has 0 aromatic heterocycles. The maximum Gasteiger partial charge on any atom is 0.308 e. The minimum Gasteiger partial charge on any atom is -0.497 e. The van der Waals surface area contributed by atoms with Crippen molar-refractivity contribution in [2.45, 2.75) is 25.3 Å². The van der Waals surface area contributed by atoms with Gasteiger partial charge in [0.05, 0.1) is 18.6 Å². The van der Waals surface area contributed by atoms with Crippen molar-refractivity contribution in [3.05, 3.63) is 23.8 Å². The fourth-order valence-corrected chi connectivity index (χ4v) is 2.53. The van der Waals surface area contributed by atoms with E-state index in [1.165, 1.54) is 7.11 Å². The number of hydrogen-bond donors (Lipinski definition) is 3. The zero-order valence-corrected chi connectivity index (χ0v) is 11.3. The van der Waals surface area contributed by atoms with Crippen LogP contribution in [0, 0.1) is 5.92 Å². The molecule has 2 unspecified atom stereocenters. The van der Waals surface area contributed by atoms with Gasteiger partial charge in [-0.2, -0.15) is 0 Å². The molecule has 0 heterocycles. The van der Waals surface area contributed by atoms with Crippen LogP contribution in [0.1, 0.15) is 29.6 Å². The Kier molecular flexibility index (Phi) is 4.12. The Morgan fingerprint density at radius 3 is 2.80 bits per heavy atom. The number of ether oxygens (including phenoxy) is 1. The first kappa shape index (κ1) is 14.2. The molecular formula is C14H18N2O4. The van der Waals surface area contributed by atoms with Crippen LogP contribution in [-0.4, -0.2) is 30.1 Å². The van der Waals surface area contributed by atoms with E-state index < -0.39 is 11.9 Å². The van der Waals surface area contributed by atoms with Gasteiger partial charge in [0.1, 0.15) is 5.75 Å². The van der Waals surface area contributed by atoms with E-state index in [1.807, 2.05) is 0 Å². The molecular weight excluding hydrogens is 260 g/mol. The predicted molar refractivity (Wildman–Crippen MR) is 73.6 cm³/mol. The highest BCUT2D eigenvalue weighted by Gasteiger charge is 2.34. The lowest BCUT2D eigenvalue weighted by atomic mass is 10.0. The normalized spacial score (nSPS) is 21.4. The largest absolute Gasteiger partial charge is 0.497 e. The molecule has 0 radical (unpaired) electrons. The molecule has 20 heavy (non-hydrogen) atoms. The van der Waals surface area contributed by atoms with Gasteiger partial charge in [-0.05, 0) is 31.0 Å². The van der Waals surface area contributed by atoms with Crippen LogP contribution in [0.15, 0.2) is 18.2 Å². The molecule has 2 rings (SSSR count). The Balaban J connectivity index is 2.14. The lowest BCUT2D eigenvalue weighted by Gasteiger charge is -2.18. The van der Waals surface area contributed by atoms with Gasteiger partial charge in [0.15, 0.2) is 0 Å². The smallest absolute Gasteiger partial charge is 0.308 e. The van der Waals surface area contributed by atoms with Gasteiger partial charge in [-0.15, -0.1) is 0 Å². The van der Waals surface area contributed by atoms with Crippen LogP contribution in [0.3, 0.4) is 0 Å². The van der Waals surface area contributed by atoms with Gasteiger partial charge in [-0.3, -0.25) is 9.59 Å². The summed E-state index contributed by atoms with van der Waals surface area (Å²) in [5, 5.41) is 11.9. The number of aliphatic carboxylic acids is 1. The Hall–Kier alpha value is -2.24. The number of rotatable bonds is 4. The molecule has 0 saturated heterocycles. The molecule has 1 aliphatic rings. The lowest BCUT2D eigenvalue weighted by Crippen LogP contribution is -2.40. The molecule has 1 saturated carbocycles. The molecule has 6 heteroatoms. The van der Waals surface area contributed by atoms with E-state index in [0.29, 0.717) is 29.8 Å². The molecule has 0 bridgehead atoms. The van der Waals surface area contributed by atoms with Crippen molar-refractivity contribution in [1.29, 1.82) is 0 Å². The van der Waals surface area contributed by atoms with E-state index in [9.17, 15) is 9.59 Å². The van der Waals surface area contributed by atoms with Gasteiger partial charge in [-0.1, -0.05) is 6.42 Å². The number of nitrogens with one attached hydrogen (secondary N) is 1. The molecule has 4 N–H and O–H groups in total. The summed E-state index contributed by atoms with van der Waals surface area (Å²) in [6, 6.07) is 4.47. The zero-order chi connectivity index (χ0) is 14.7. The second-order valence-corrected chi connectivity index (χ2v) is 4.91. The third kappa shape index (κ3) is 2.84. The number of amides is 1. The van der Waals surface area contributed by atoms with Crippen LogP contribution in [0.2, 0.25) is 0 Å². The number of carbonyl (C=O) groups is 2. The monoisotopic (exact) mass is 278 g/mol. The number of nitrogen functional groups attached to an aromatic ring is 1.